The summed E-state index contributed by atoms with van der Waals surface area (Å²) < 4.78 is 27.4. The van der Waals surface area contributed by atoms with Crippen molar-refractivity contribution in [3.8, 4) is 11.4 Å². The minimum Gasteiger partial charge on any atom is -0.326 e. The van der Waals surface area contributed by atoms with E-state index in [1.165, 1.54) is 28.5 Å². The molecule has 0 fully saturated rings. The molecule has 0 saturated carbocycles. The van der Waals surface area contributed by atoms with Gasteiger partial charge in [-0.25, -0.2) is 28.2 Å². The fourth-order valence-corrected chi connectivity index (χ4v) is 3.39. The van der Waals surface area contributed by atoms with Crippen LogP contribution in [0.2, 0.25) is 0 Å². The first kappa shape index (κ1) is 15.8. The number of hydrogen-bond donors (Lipinski definition) is 0. The maximum atomic E-state index is 13.0. The molecule has 0 bridgehead atoms. The monoisotopic (exact) mass is 364 g/mol. The zero-order valence-electron chi connectivity index (χ0n) is 14.1. The Labute approximate surface area is 153 Å². The van der Waals surface area contributed by atoms with E-state index in [1.807, 2.05) is 18.2 Å². The van der Waals surface area contributed by atoms with Gasteiger partial charge in [0.25, 0.3) is 6.43 Å². The normalized spacial score (nSPS) is 13.5. The van der Waals surface area contributed by atoms with E-state index >= 15 is 0 Å². The zero-order valence-corrected chi connectivity index (χ0v) is 14.1. The van der Waals surface area contributed by atoms with Gasteiger partial charge in [-0.15, -0.1) is 0 Å². The molecule has 0 spiro atoms. The minimum atomic E-state index is -2.65. The van der Waals surface area contributed by atoms with Crippen molar-refractivity contribution in [2.75, 3.05) is 11.4 Å². The third-order valence-electron chi connectivity index (χ3n) is 4.69. The lowest BCUT2D eigenvalue weighted by atomic mass is 10.2. The van der Waals surface area contributed by atoms with Crippen molar-refractivity contribution in [2.45, 2.75) is 12.8 Å². The van der Waals surface area contributed by atoms with E-state index in [-0.39, 0.29) is 5.69 Å². The number of aromatic nitrogens is 5. The first-order chi connectivity index (χ1) is 13.2. The zero-order chi connectivity index (χ0) is 18.4. The second-order valence-electron chi connectivity index (χ2n) is 6.26. The lowest BCUT2D eigenvalue weighted by Crippen LogP contribution is -2.15. The molecule has 1 aliphatic rings. The van der Waals surface area contributed by atoms with Gasteiger partial charge in [0.05, 0.1) is 11.9 Å². The number of para-hydroxylation sites is 1. The van der Waals surface area contributed by atoms with Crippen molar-refractivity contribution in [3.05, 3.63) is 66.2 Å². The third kappa shape index (κ3) is 2.61. The van der Waals surface area contributed by atoms with Crippen LogP contribution in [0.5, 0.6) is 0 Å². The molecule has 0 saturated heterocycles. The molecule has 0 unspecified atom stereocenters. The van der Waals surface area contributed by atoms with Gasteiger partial charge < -0.3 is 4.90 Å². The highest BCUT2D eigenvalue weighted by atomic mass is 19.3. The van der Waals surface area contributed by atoms with Gasteiger partial charge in [-0.3, -0.25) is 0 Å². The van der Waals surface area contributed by atoms with Crippen LogP contribution in [-0.2, 0) is 6.42 Å². The van der Waals surface area contributed by atoms with Crippen LogP contribution in [0.3, 0.4) is 0 Å². The molecule has 8 heteroatoms. The maximum Gasteiger partial charge on any atom is 0.282 e. The molecule has 1 aromatic carbocycles. The Kier molecular flexibility index (Phi) is 3.56. The summed E-state index contributed by atoms with van der Waals surface area (Å²) in [6, 6.07) is 12.8. The van der Waals surface area contributed by atoms with Gasteiger partial charge in [-0.05, 0) is 30.2 Å². The second kappa shape index (κ2) is 6.08. The number of alkyl halides is 2. The Morgan fingerprint density at radius 1 is 1.00 bits per heavy atom. The van der Waals surface area contributed by atoms with Crippen molar-refractivity contribution in [1.29, 1.82) is 0 Å². The third-order valence-corrected chi connectivity index (χ3v) is 4.69. The van der Waals surface area contributed by atoms with E-state index in [1.54, 1.807) is 6.20 Å². The second-order valence-corrected chi connectivity index (χ2v) is 6.26. The van der Waals surface area contributed by atoms with Gasteiger partial charge in [0.1, 0.15) is 23.5 Å². The average Bonchev–Trinajstić information content (AvgIpc) is 3.32. The summed E-state index contributed by atoms with van der Waals surface area (Å²) in [4.78, 5) is 15.1. The number of rotatable bonds is 3. The van der Waals surface area contributed by atoms with Gasteiger partial charge in [0.15, 0.2) is 5.65 Å². The molecule has 0 radical (unpaired) electrons. The van der Waals surface area contributed by atoms with Crippen molar-refractivity contribution < 1.29 is 8.78 Å². The largest absolute Gasteiger partial charge is 0.326 e. The molecule has 6 nitrogen and oxygen atoms in total. The summed E-state index contributed by atoms with van der Waals surface area (Å²) >= 11 is 0. The number of fused-ring (bicyclic) bond motifs is 2. The van der Waals surface area contributed by atoms with Crippen molar-refractivity contribution in [1.82, 2.24) is 24.6 Å². The number of halogens is 2. The Morgan fingerprint density at radius 3 is 2.78 bits per heavy atom. The minimum absolute atomic E-state index is 0.301. The lowest BCUT2D eigenvalue weighted by Gasteiger charge is -2.18. The molecule has 0 aliphatic carbocycles. The summed E-state index contributed by atoms with van der Waals surface area (Å²) in [5.41, 5.74) is 3.71. The Balaban J connectivity index is 1.59. The molecule has 0 amide bonds. The van der Waals surface area contributed by atoms with Crippen LogP contribution >= 0.6 is 0 Å². The highest BCUT2D eigenvalue weighted by Crippen LogP contribution is 2.34. The van der Waals surface area contributed by atoms with Crippen LogP contribution in [0.1, 0.15) is 17.7 Å². The summed E-state index contributed by atoms with van der Waals surface area (Å²) in [7, 11) is 0. The van der Waals surface area contributed by atoms with Crippen LogP contribution in [0.4, 0.5) is 20.3 Å². The van der Waals surface area contributed by atoms with Crippen LogP contribution in [0, 0.1) is 0 Å². The molecule has 3 aromatic heterocycles. The summed E-state index contributed by atoms with van der Waals surface area (Å²) in [5.74, 6) is 0.755. The fourth-order valence-electron chi connectivity index (χ4n) is 3.39. The first-order valence-corrected chi connectivity index (χ1v) is 8.51. The van der Waals surface area contributed by atoms with Crippen molar-refractivity contribution in [2.24, 2.45) is 0 Å². The van der Waals surface area contributed by atoms with Crippen LogP contribution in [-0.4, -0.2) is 31.1 Å². The van der Waals surface area contributed by atoms with Gasteiger partial charge >= 0.3 is 0 Å². The first-order valence-electron chi connectivity index (χ1n) is 8.51. The van der Waals surface area contributed by atoms with E-state index in [4.69, 9.17) is 0 Å². The summed E-state index contributed by atoms with van der Waals surface area (Å²) in [6.07, 6.45) is 1.36. The standard InChI is InChI=1S/C19H14F2N6/c20-19(21)13-5-6-17-22-10-16(27(17)25-13)14-9-18(24-11-23-14)26-8-7-12-3-1-2-4-15(12)26/h1-6,9-11,19H,7-8H2. The molecular weight excluding hydrogens is 350 g/mol. The highest BCUT2D eigenvalue weighted by molar-refractivity contribution is 5.70. The smallest absolute Gasteiger partial charge is 0.282 e. The fraction of sp³-hybridized carbons (Fsp3) is 0.158. The highest BCUT2D eigenvalue weighted by Gasteiger charge is 2.22. The van der Waals surface area contributed by atoms with Crippen molar-refractivity contribution in [3.63, 3.8) is 0 Å². The maximum absolute atomic E-state index is 13.0. The average molecular weight is 364 g/mol. The molecule has 5 rings (SSSR count). The van der Waals surface area contributed by atoms with E-state index in [0.29, 0.717) is 17.0 Å². The van der Waals surface area contributed by atoms with Gasteiger partial charge in [0.2, 0.25) is 0 Å². The van der Waals surface area contributed by atoms with E-state index in [2.05, 4.69) is 37.1 Å². The lowest BCUT2D eigenvalue weighted by molar-refractivity contribution is 0.144. The molecule has 27 heavy (non-hydrogen) atoms. The predicted molar refractivity (Wildman–Crippen MR) is 96.1 cm³/mol. The van der Waals surface area contributed by atoms with Crippen LogP contribution < -0.4 is 4.90 Å². The number of nitrogens with zero attached hydrogens (tertiary/aromatic N) is 6. The van der Waals surface area contributed by atoms with Gasteiger partial charge in [-0.2, -0.15) is 5.10 Å². The Hall–Kier alpha value is -3.42. The quantitative estimate of drug-likeness (QED) is 0.553. The molecule has 0 atom stereocenters. The number of imidazole rings is 1. The predicted octanol–water partition coefficient (Wildman–Crippen LogP) is 3.82. The molecule has 0 N–H and O–H groups in total. The van der Waals surface area contributed by atoms with Crippen LogP contribution in [0.25, 0.3) is 17.0 Å². The molecule has 4 aromatic rings. The van der Waals surface area contributed by atoms with E-state index in [9.17, 15) is 8.78 Å². The topological polar surface area (TPSA) is 59.2 Å². The SMILES string of the molecule is FC(F)c1ccc2ncc(-c3cc(N4CCc5ccccc54)ncn3)n2n1. The van der Waals surface area contributed by atoms with E-state index in [0.717, 1.165) is 24.5 Å². The van der Waals surface area contributed by atoms with Crippen LogP contribution in [0.15, 0.2) is 55.0 Å². The molecule has 4 heterocycles. The molecule has 1 aliphatic heterocycles. The Bertz CT molecular complexity index is 1140. The van der Waals surface area contributed by atoms with Crippen molar-refractivity contribution >= 4 is 17.2 Å². The number of anilines is 2. The number of benzene rings is 1. The summed E-state index contributed by atoms with van der Waals surface area (Å²) in [6.45, 7) is 0.830. The Morgan fingerprint density at radius 2 is 1.89 bits per heavy atom. The summed E-state index contributed by atoms with van der Waals surface area (Å²) in [5, 5.41) is 4.00. The number of hydrogen-bond acceptors (Lipinski definition) is 5. The molecule has 134 valence electrons. The molecular formula is C19H14F2N6. The van der Waals surface area contributed by atoms with E-state index < -0.39 is 6.43 Å². The van der Waals surface area contributed by atoms with Gasteiger partial charge in [-0.1, -0.05) is 18.2 Å². The van der Waals surface area contributed by atoms with Gasteiger partial charge in [0, 0.05) is 18.3 Å².